The monoisotopic (exact) mass is 369 g/mol. The third-order valence-electron chi connectivity index (χ3n) is 4.71. The smallest absolute Gasteiger partial charge is 0.257 e. The van der Waals surface area contributed by atoms with Crippen LogP contribution in [0.1, 0.15) is 32.2 Å². The molecule has 0 amide bonds. The molecule has 1 aliphatic carbocycles. The van der Waals surface area contributed by atoms with E-state index < -0.39 is 28.4 Å². The standard InChI is InChI=1S/C19H12ClNO5/c20-11-7-5-10(6-8-11)15-14(21(24)25)9-26-19-16(15)17(22)12-3-1-2-4-13(12)18(19)23/h1-8,14-15H,9H2/t14-,15+/m1/s1. The molecule has 130 valence electrons. The summed E-state index contributed by atoms with van der Waals surface area (Å²) in [6.45, 7) is -0.277. The van der Waals surface area contributed by atoms with E-state index in [-0.39, 0.29) is 29.1 Å². The molecule has 6 nitrogen and oxygen atoms in total. The predicted octanol–water partition coefficient (Wildman–Crippen LogP) is 3.43. The molecule has 4 rings (SSSR count). The second-order valence-electron chi connectivity index (χ2n) is 6.14. The van der Waals surface area contributed by atoms with E-state index in [9.17, 15) is 19.7 Å². The van der Waals surface area contributed by atoms with E-state index in [4.69, 9.17) is 16.3 Å². The number of hydrogen-bond acceptors (Lipinski definition) is 5. The van der Waals surface area contributed by atoms with E-state index in [1.54, 1.807) is 48.5 Å². The van der Waals surface area contributed by atoms with Crippen molar-refractivity contribution in [2.24, 2.45) is 0 Å². The molecular weight excluding hydrogens is 358 g/mol. The number of nitrogens with zero attached hydrogens (tertiary/aromatic N) is 1. The summed E-state index contributed by atoms with van der Waals surface area (Å²) in [6.07, 6.45) is 0. The quantitative estimate of drug-likeness (QED) is 0.598. The second kappa shape index (κ2) is 6.07. The average molecular weight is 370 g/mol. The number of halogens is 1. The molecule has 2 atom stereocenters. The van der Waals surface area contributed by atoms with Gasteiger partial charge in [0.1, 0.15) is 0 Å². The number of carbonyl (C=O) groups is 2. The van der Waals surface area contributed by atoms with Crippen LogP contribution >= 0.6 is 11.6 Å². The van der Waals surface area contributed by atoms with Crippen molar-refractivity contribution in [3.63, 3.8) is 0 Å². The zero-order valence-electron chi connectivity index (χ0n) is 13.3. The molecule has 2 aliphatic rings. The molecule has 0 bridgehead atoms. The van der Waals surface area contributed by atoms with Gasteiger partial charge in [-0.2, -0.15) is 0 Å². The Kier molecular flexibility index (Phi) is 3.85. The lowest BCUT2D eigenvalue weighted by Crippen LogP contribution is -2.42. The molecule has 0 unspecified atom stereocenters. The molecule has 26 heavy (non-hydrogen) atoms. The van der Waals surface area contributed by atoms with Gasteiger partial charge in [-0.25, -0.2) is 0 Å². The zero-order valence-corrected chi connectivity index (χ0v) is 14.1. The summed E-state index contributed by atoms with van der Waals surface area (Å²) in [5, 5.41) is 12.1. The molecular formula is C19H12ClNO5. The third-order valence-corrected chi connectivity index (χ3v) is 4.96. The Bertz CT molecular complexity index is 980. The van der Waals surface area contributed by atoms with Gasteiger partial charge >= 0.3 is 0 Å². The van der Waals surface area contributed by atoms with Crippen molar-refractivity contribution in [1.29, 1.82) is 0 Å². The number of ketones is 2. The molecule has 1 aliphatic heterocycles. The maximum Gasteiger partial charge on any atom is 0.257 e. The number of fused-ring (bicyclic) bond motifs is 1. The number of Topliss-reactive ketones (excluding diaryl/α,β-unsaturated/α-hetero) is 2. The first-order chi connectivity index (χ1) is 12.5. The molecule has 1 heterocycles. The van der Waals surface area contributed by atoms with Crippen LogP contribution in [0.25, 0.3) is 0 Å². The van der Waals surface area contributed by atoms with Crippen LogP contribution in [0.15, 0.2) is 59.9 Å². The Hall–Kier alpha value is -2.99. The van der Waals surface area contributed by atoms with Crippen molar-refractivity contribution in [3.8, 4) is 0 Å². The molecule has 0 saturated carbocycles. The highest BCUT2D eigenvalue weighted by Gasteiger charge is 2.48. The molecule has 7 heteroatoms. The van der Waals surface area contributed by atoms with Crippen LogP contribution in [-0.2, 0) is 4.74 Å². The van der Waals surface area contributed by atoms with E-state index in [0.29, 0.717) is 10.6 Å². The summed E-state index contributed by atoms with van der Waals surface area (Å²) in [6, 6.07) is 11.7. The number of hydrogen-bond donors (Lipinski definition) is 0. The summed E-state index contributed by atoms with van der Waals surface area (Å²) >= 11 is 5.91. The van der Waals surface area contributed by atoms with Crippen molar-refractivity contribution in [3.05, 3.63) is 91.7 Å². The molecule has 2 aromatic rings. The Labute approximate surface area is 153 Å². The van der Waals surface area contributed by atoms with Crippen LogP contribution in [0.5, 0.6) is 0 Å². The fourth-order valence-electron chi connectivity index (χ4n) is 3.50. The number of allylic oxidation sites excluding steroid dienone is 1. The van der Waals surface area contributed by atoms with E-state index in [0.717, 1.165) is 0 Å². The SMILES string of the molecule is O=C1C2=C(C(=O)c3ccccc31)[C@@H](c1ccc(Cl)cc1)[C@H]([N+](=O)[O-])CO2. The minimum atomic E-state index is -1.17. The lowest BCUT2D eigenvalue weighted by molar-refractivity contribution is -0.529. The summed E-state index contributed by atoms with van der Waals surface area (Å²) < 4.78 is 5.41. The van der Waals surface area contributed by atoms with E-state index in [1.807, 2.05) is 0 Å². The Balaban J connectivity index is 1.93. The fraction of sp³-hybridized carbons (Fsp3) is 0.158. The van der Waals surface area contributed by atoms with Crippen LogP contribution in [0.3, 0.4) is 0 Å². The second-order valence-corrected chi connectivity index (χ2v) is 6.58. The largest absolute Gasteiger partial charge is 0.482 e. The first kappa shape index (κ1) is 16.5. The molecule has 0 aromatic heterocycles. The predicted molar refractivity (Wildman–Crippen MR) is 93.1 cm³/mol. The summed E-state index contributed by atoms with van der Waals surface area (Å²) in [5.74, 6) is -1.81. The molecule has 0 fully saturated rings. The van der Waals surface area contributed by atoms with Crippen molar-refractivity contribution in [2.75, 3.05) is 6.61 Å². The molecule has 0 saturated heterocycles. The third kappa shape index (κ3) is 2.42. The Morgan fingerprint density at radius 1 is 1.00 bits per heavy atom. The van der Waals surface area contributed by atoms with E-state index >= 15 is 0 Å². The summed E-state index contributed by atoms with van der Waals surface area (Å²) in [5.41, 5.74) is 1.09. The van der Waals surface area contributed by atoms with Gasteiger partial charge in [-0.15, -0.1) is 0 Å². The van der Waals surface area contributed by atoms with Crippen LogP contribution < -0.4 is 0 Å². The lowest BCUT2D eigenvalue weighted by atomic mass is 9.75. The van der Waals surface area contributed by atoms with Gasteiger partial charge in [0.05, 0.1) is 11.5 Å². The van der Waals surface area contributed by atoms with Crippen LogP contribution in [0.2, 0.25) is 5.02 Å². The van der Waals surface area contributed by atoms with Gasteiger partial charge in [-0.3, -0.25) is 19.7 Å². The average Bonchev–Trinajstić information content (AvgIpc) is 2.65. The van der Waals surface area contributed by atoms with Crippen molar-refractivity contribution < 1.29 is 19.2 Å². The maximum atomic E-state index is 13.1. The lowest BCUT2D eigenvalue weighted by Gasteiger charge is -2.32. The fourth-order valence-corrected chi connectivity index (χ4v) is 3.62. The number of ether oxygens (including phenoxy) is 1. The van der Waals surface area contributed by atoms with Gasteiger partial charge in [0, 0.05) is 21.1 Å². The van der Waals surface area contributed by atoms with Gasteiger partial charge in [0.15, 0.2) is 18.1 Å². The maximum absolute atomic E-state index is 13.1. The van der Waals surface area contributed by atoms with Crippen LogP contribution in [0.4, 0.5) is 0 Å². The summed E-state index contributed by atoms with van der Waals surface area (Å²) in [7, 11) is 0. The van der Waals surface area contributed by atoms with Gasteiger partial charge in [0.25, 0.3) is 6.04 Å². The normalized spacial score (nSPS) is 21.7. The number of carbonyl (C=O) groups excluding carboxylic acids is 2. The first-order valence-electron chi connectivity index (χ1n) is 7.93. The number of rotatable bonds is 2. The molecule has 0 N–H and O–H groups in total. The van der Waals surface area contributed by atoms with Crippen molar-refractivity contribution >= 4 is 23.2 Å². The molecule has 0 radical (unpaired) electrons. The first-order valence-corrected chi connectivity index (χ1v) is 8.31. The van der Waals surface area contributed by atoms with E-state index in [1.165, 1.54) is 0 Å². The summed E-state index contributed by atoms with van der Waals surface area (Å²) in [4.78, 5) is 37.0. The molecule has 0 spiro atoms. The van der Waals surface area contributed by atoms with Gasteiger partial charge in [-0.05, 0) is 17.7 Å². The highest BCUT2D eigenvalue weighted by atomic mass is 35.5. The zero-order chi connectivity index (χ0) is 18.4. The highest BCUT2D eigenvalue weighted by Crippen LogP contribution is 2.41. The molecule has 2 aromatic carbocycles. The number of nitro groups is 1. The number of benzene rings is 2. The van der Waals surface area contributed by atoms with Gasteiger partial charge in [0.2, 0.25) is 5.78 Å². The van der Waals surface area contributed by atoms with Crippen molar-refractivity contribution in [2.45, 2.75) is 12.0 Å². The van der Waals surface area contributed by atoms with E-state index in [2.05, 4.69) is 0 Å². The highest BCUT2D eigenvalue weighted by molar-refractivity contribution is 6.30. The Morgan fingerprint density at radius 2 is 1.62 bits per heavy atom. The van der Waals surface area contributed by atoms with Gasteiger partial charge < -0.3 is 4.74 Å². The van der Waals surface area contributed by atoms with Crippen molar-refractivity contribution in [1.82, 2.24) is 0 Å². The Morgan fingerprint density at radius 3 is 2.23 bits per heavy atom. The van der Waals surface area contributed by atoms with Gasteiger partial charge in [-0.1, -0.05) is 48.0 Å². The topological polar surface area (TPSA) is 86.5 Å². The minimum absolute atomic E-state index is 0.0453. The minimum Gasteiger partial charge on any atom is -0.482 e. The van der Waals surface area contributed by atoms with Crippen LogP contribution in [0, 0.1) is 10.1 Å². The van der Waals surface area contributed by atoms with Crippen LogP contribution in [-0.4, -0.2) is 29.1 Å².